The normalized spacial score (nSPS) is 20.2. The quantitative estimate of drug-likeness (QED) is 0.618. The number of piperidine rings is 1. The summed E-state index contributed by atoms with van der Waals surface area (Å²) in [5.41, 5.74) is 1.63. The molecule has 0 radical (unpaired) electrons. The van der Waals surface area contributed by atoms with Crippen LogP contribution < -0.4 is 5.43 Å². The van der Waals surface area contributed by atoms with Crippen LogP contribution in [0.2, 0.25) is 0 Å². The second-order valence-electron chi connectivity index (χ2n) is 8.95. The number of nitrogens with zero attached hydrogens (tertiary/aromatic N) is 3. The smallest absolute Gasteiger partial charge is 0.444 e. The van der Waals surface area contributed by atoms with E-state index < -0.39 is 29.7 Å². The standard InChI is InChI=1S/C23H23F3N4O5/c24-23(25,26)35-22(8-3-9-22)21(33)29-10-6-14(7-11-29)18-27-12-15(34-18)13-28-30-19(31)16-4-1-2-5-17(16)20(30)32/h1-2,4-5,12,14,28H,3,6-11,13H2. The number of likely N-dealkylation sites (tertiary alicyclic amines) is 1. The molecule has 186 valence electrons. The summed E-state index contributed by atoms with van der Waals surface area (Å²) in [5, 5.41) is 0.941. The van der Waals surface area contributed by atoms with E-state index >= 15 is 0 Å². The molecule has 2 aliphatic heterocycles. The van der Waals surface area contributed by atoms with E-state index in [1.54, 1.807) is 24.3 Å². The van der Waals surface area contributed by atoms with Crippen LogP contribution >= 0.6 is 0 Å². The highest BCUT2D eigenvalue weighted by Gasteiger charge is 2.54. The van der Waals surface area contributed by atoms with Crippen LogP contribution in [0, 0.1) is 0 Å². The Morgan fingerprint density at radius 2 is 1.77 bits per heavy atom. The zero-order chi connectivity index (χ0) is 24.8. The highest BCUT2D eigenvalue weighted by atomic mass is 19.4. The van der Waals surface area contributed by atoms with Crippen LogP contribution in [0.15, 0.2) is 34.9 Å². The molecule has 1 N–H and O–H groups in total. The first-order valence-corrected chi connectivity index (χ1v) is 11.4. The molecule has 2 fully saturated rings. The molecule has 2 aromatic rings. The Morgan fingerprint density at radius 1 is 1.14 bits per heavy atom. The Hall–Kier alpha value is -3.25. The van der Waals surface area contributed by atoms with Crippen LogP contribution in [0.5, 0.6) is 0 Å². The number of rotatable bonds is 6. The molecule has 0 spiro atoms. The van der Waals surface area contributed by atoms with Gasteiger partial charge in [0.15, 0.2) is 11.5 Å². The Balaban J connectivity index is 1.15. The molecule has 35 heavy (non-hydrogen) atoms. The van der Waals surface area contributed by atoms with Crippen molar-refractivity contribution in [3.05, 3.63) is 53.2 Å². The van der Waals surface area contributed by atoms with Crippen molar-refractivity contribution in [1.82, 2.24) is 20.3 Å². The van der Waals surface area contributed by atoms with Crippen LogP contribution in [0.25, 0.3) is 0 Å². The first-order valence-electron chi connectivity index (χ1n) is 11.4. The second kappa shape index (κ2) is 8.76. The number of hydrazine groups is 1. The molecule has 0 unspecified atom stereocenters. The molecule has 9 nitrogen and oxygen atoms in total. The third kappa shape index (κ3) is 4.43. The average Bonchev–Trinajstić information content (AvgIpc) is 3.38. The van der Waals surface area contributed by atoms with Gasteiger partial charge in [0.2, 0.25) is 0 Å². The van der Waals surface area contributed by atoms with Gasteiger partial charge in [0.05, 0.1) is 23.9 Å². The number of carbonyl (C=O) groups is 3. The number of imide groups is 1. The summed E-state index contributed by atoms with van der Waals surface area (Å²) in [4.78, 5) is 43.3. The lowest BCUT2D eigenvalue weighted by atomic mass is 9.78. The SMILES string of the molecule is O=C1c2ccccc2C(=O)N1NCc1cnc(C2CCN(C(=O)C3(OC(F)(F)F)CCC3)CC2)o1. The maximum absolute atomic E-state index is 12.8. The van der Waals surface area contributed by atoms with Crippen molar-refractivity contribution in [1.29, 1.82) is 0 Å². The summed E-state index contributed by atoms with van der Waals surface area (Å²) in [6, 6.07) is 6.54. The van der Waals surface area contributed by atoms with Gasteiger partial charge in [-0.05, 0) is 44.2 Å². The van der Waals surface area contributed by atoms with Gasteiger partial charge in [-0.1, -0.05) is 12.1 Å². The van der Waals surface area contributed by atoms with Crippen molar-refractivity contribution in [3.63, 3.8) is 0 Å². The average molecular weight is 492 g/mol. The van der Waals surface area contributed by atoms with Crippen molar-refractivity contribution >= 4 is 17.7 Å². The third-order valence-electron chi connectivity index (χ3n) is 6.77. The van der Waals surface area contributed by atoms with E-state index in [0.29, 0.717) is 42.0 Å². The zero-order valence-corrected chi connectivity index (χ0v) is 18.6. The molecule has 1 aliphatic carbocycles. The molecular weight excluding hydrogens is 469 g/mol. The number of benzene rings is 1. The summed E-state index contributed by atoms with van der Waals surface area (Å²) < 4.78 is 48.4. The number of oxazole rings is 1. The van der Waals surface area contributed by atoms with Gasteiger partial charge in [0.25, 0.3) is 17.7 Å². The van der Waals surface area contributed by atoms with Crippen molar-refractivity contribution in [2.45, 2.75) is 56.5 Å². The largest absolute Gasteiger partial charge is 0.523 e. The summed E-state index contributed by atoms with van der Waals surface area (Å²) in [6.45, 7) is 0.613. The fourth-order valence-corrected chi connectivity index (χ4v) is 4.78. The number of hydrogen-bond donors (Lipinski definition) is 1. The molecule has 1 saturated carbocycles. The Kier molecular flexibility index (Phi) is 5.88. The van der Waals surface area contributed by atoms with E-state index in [4.69, 9.17) is 4.42 Å². The Morgan fingerprint density at radius 3 is 2.31 bits per heavy atom. The van der Waals surface area contributed by atoms with Gasteiger partial charge >= 0.3 is 6.36 Å². The fourth-order valence-electron chi connectivity index (χ4n) is 4.78. The molecule has 1 saturated heterocycles. The number of hydrogen-bond acceptors (Lipinski definition) is 7. The van der Waals surface area contributed by atoms with Crippen LogP contribution in [0.4, 0.5) is 13.2 Å². The maximum Gasteiger partial charge on any atom is 0.523 e. The Labute approximate surface area is 198 Å². The van der Waals surface area contributed by atoms with E-state index in [1.165, 1.54) is 11.1 Å². The predicted molar refractivity (Wildman–Crippen MR) is 113 cm³/mol. The van der Waals surface area contributed by atoms with Crippen molar-refractivity contribution in [2.75, 3.05) is 13.1 Å². The van der Waals surface area contributed by atoms with Gasteiger partial charge in [-0.15, -0.1) is 13.2 Å². The van der Waals surface area contributed by atoms with Crippen LogP contribution in [-0.2, 0) is 16.1 Å². The third-order valence-corrected chi connectivity index (χ3v) is 6.77. The molecule has 1 aromatic carbocycles. The summed E-state index contributed by atoms with van der Waals surface area (Å²) >= 11 is 0. The molecular formula is C23H23F3N4O5. The lowest BCUT2D eigenvalue weighted by Gasteiger charge is -2.44. The number of alkyl halides is 3. The number of carbonyl (C=O) groups excluding carboxylic acids is 3. The highest BCUT2D eigenvalue weighted by molar-refractivity contribution is 6.20. The molecule has 12 heteroatoms. The number of halogens is 3. The van der Waals surface area contributed by atoms with Gasteiger partial charge in [-0.2, -0.15) is 0 Å². The summed E-state index contributed by atoms with van der Waals surface area (Å²) in [5.74, 6) is -0.740. The minimum absolute atomic E-state index is 0.0626. The highest BCUT2D eigenvalue weighted by Crippen LogP contribution is 2.42. The lowest BCUT2D eigenvalue weighted by molar-refractivity contribution is -0.371. The van der Waals surface area contributed by atoms with Gasteiger partial charge in [0.1, 0.15) is 5.76 Å². The molecule has 3 heterocycles. The number of fused-ring (bicyclic) bond motifs is 1. The molecule has 3 amide bonds. The second-order valence-corrected chi connectivity index (χ2v) is 8.95. The minimum atomic E-state index is -4.86. The fraction of sp³-hybridized carbons (Fsp3) is 0.478. The van der Waals surface area contributed by atoms with Crippen LogP contribution in [0.1, 0.15) is 70.4 Å². The van der Waals surface area contributed by atoms with Crippen molar-refractivity contribution in [3.8, 4) is 0 Å². The molecule has 5 rings (SSSR count). The van der Waals surface area contributed by atoms with E-state index in [9.17, 15) is 27.6 Å². The molecule has 3 aliphatic rings. The van der Waals surface area contributed by atoms with Gasteiger partial charge in [-0.3, -0.25) is 19.1 Å². The van der Waals surface area contributed by atoms with Gasteiger partial charge in [-0.25, -0.2) is 15.4 Å². The van der Waals surface area contributed by atoms with Gasteiger partial charge < -0.3 is 9.32 Å². The van der Waals surface area contributed by atoms with E-state index in [-0.39, 0.29) is 38.4 Å². The molecule has 0 atom stereocenters. The number of amides is 3. The van der Waals surface area contributed by atoms with Crippen molar-refractivity contribution in [2.24, 2.45) is 0 Å². The number of ether oxygens (including phenoxy) is 1. The zero-order valence-electron chi connectivity index (χ0n) is 18.6. The number of nitrogens with one attached hydrogen (secondary N) is 1. The van der Waals surface area contributed by atoms with Crippen molar-refractivity contribution < 1.29 is 36.7 Å². The van der Waals surface area contributed by atoms with E-state index in [1.807, 2.05) is 0 Å². The van der Waals surface area contributed by atoms with E-state index in [0.717, 1.165) is 5.01 Å². The predicted octanol–water partition coefficient (Wildman–Crippen LogP) is 3.14. The first kappa shape index (κ1) is 23.5. The topological polar surface area (TPSA) is 105 Å². The Bertz CT molecular complexity index is 1120. The molecule has 1 aromatic heterocycles. The van der Waals surface area contributed by atoms with E-state index in [2.05, 4.69) is 15.1 Å². The first-order chi connectivity index (χ1) is 16.7. The summed E-state index contributed by atoms with van der Waals surface area (Å²) in [6.07, 6.45) is -1.74. The van der Waals surface area contributed by atoms with Crippen LogP contribution in [-0.4, -0.2) is 57.7 Å². The maximum atomic E-state index is 12.8. The minimum Gasteiger partial charge on any atom is -0.444 e. The lowest BCUT2D eigenvalue weighted by Crippen LogP contribution is -2.58. The molecule has 0 bridgehead atoms. The van der Waals surface area contributed by atoms with Crippen LogP contribution in [0.3, 0.4) is 0 Å². The summed E-state index contributed by atoms with van der Waals surface area (Å²) in [7, 11) is 0. The monoisotopic (exact) mass is 492 g/mol. The number of aromatic nitrogens is 1. The van der Waals surface area contributed by atoms with Gasteiger partial charge in [0, 0.05) is 19.0 Å².